The van der Waals surface area contributed by atoms with E-state index in [1.165, 1.54) is 6.07 Å². The van der Waals surface area contributed by atoms with E-state index < -0.39 is 16.1 Å². The Morgan fingerprint density at radius 3 is 2.72 bits per heavy atom. The third-order valence-electron chi connectivity index (χ3n) is 4.07. The molecule has 1 atom stereocenters. The van der Waals surface area contributed by atoms with Gasteiger partial charge in [0.1, 0.15) is 11.9 Å². The number of nitrogens with one attached hydrogen (secondary N) is 1. The number of fused-ring (bicyclic) bond motifs is 1. The second kappa shape index (κ2) is 6.61. The normalized spacial score (nSPS) is 17.8. The fraction of sp³-hybridized carbons (Fsp3) is 0.294. The molecule has 3 rings (SSSR count). The summed E-state index contributed by atoms with van der Waals surface area (Å²) in [6.45, 7) is 4.19. The number of amides is 1. The van der Waals surface area contributed by atoms with Crippen molar-refractivity contribution in [3.8, 4) is 0 Å². The first-order chi connectivity index (χ1) is 11.8. The smallest absolute Gasteiger partial charge is 0.263 e. The Hall–Kier alpha value is -2.19. The molecule has 2 aromatic rings. The molecule has 8 heteroatoms. The van der Waals surface area contributed by atoms with E-state index in [1.54, 1.807) is 48.4 Å². The molecule has 0 bridgehead atoms. The number of carbonyl (C=O) groups excluding carboxylic acids is 1. The Labute approximate surface area is 151 Å². The average Bonchev–Trinajstić information content (AvgIpc) is 3.08. The zero-order valence-corrected chi connectivity index (χ0v) is 15.8. The van der Waals surface area contributed by atoms with E-state index in [0.717, 1.165) is 10.4 Å². The molecular weight excluding hydrogens is 358 g/mol. The molecule has 0 spiro atoms. The van der Waals surface area contributed by atoms with Gasteiger partial charge in [0.15, 0.2) is 0 Å². The highest BCUT2D eigenvalue weighted by atomic mass is 32.2. The van der Waals surface area contributed by atoms with Gasteiger partial charge in [-0.25, -0.2) is 8.42 Å². The maximum absolute atomic E-state index is 12.6. The Morgan fingerprint density at radius 2 is 2.04 bits per heavy atom. The predicted octanol–water partition coefficient (Wildman–Crippen LogP) is 2.14. The third-order valence-corrected chi connectivity index (χ3v) is 6.47. The highest BCUT2D eigenvalue weighted by Crippen LogP contribution is 2.23. The number of sulfonamides is 1. The van der Waals surface area contributed by atoms with E-state index in [2.05, 4.69) is 9.71 Å². The van der Waals surface area contributed by atoms with Crippen LogP contribution in [0.1, 0.15) is 22.9 Å². The van der Waals surface area contributed by atoms with Crippen molar-refractivity contribution < 1.29 is 13.2 Å². The number of nitrogens with zero attached hydrogens (tertiary/aromatic N) is 2. The van der Waals surface area contributed by atoms with Crippen LogP contribution in [0.15, 0.2) is 45.6 Å². The summed E-state index contributed by atoms with van der Waals surface area (Å²) in [5, 5.41) is 2.00. The van der Waals surface area contributed by atoms with Crippen molar-refractivity contribution in [1.29, 1.82) is 0 Å². The molecule has 6 nitrogen and oxygen atoms in total. The number of aliphatic imine (C=N–C) groups is 1. The lowest BCUT2D eigenvalue weighted by atomic mass is 10.2. The van der Waals surface area contributed by atoms with Crippen molar-refractivity contribution in [3.63, 3.8) is 0 Å². The van der Waals surface area contributed by atoms with E-state index in [-0.39, 0.29) is 16.6 Å². The lowest BCUT2D eigenvalue weighted by Crippen LogP contribution is -2.35. The van der Waals surface area contributed by atoms with Crippen LogP contribution >= 0.6 is 11.3 Å². The van der Waals surface area contributed by atoms with E-state index in [4.69, 9.17) is 0 Å². The first-order valence-corrected chi connectivity index (χ1v) is 10.1. The highest BCUT2D eigenvalue weighted by Gasteiger charge is 2.31. The van der Waals surface area contributed by atoms with Crippen LogP contribution in [0.4, 0.5) is 0 Å². The molecule has 1 aromatic carbocycles. The second-order valence-electron chi connectivity index (χ2n) is 5.98. The van der Waals surface area contributed by atoms with Gasteiger partial charge in [0.05, 0.1) is 11.4 Å². The van der Waals surface area contributed by atoms with Crippen molar-refractivity contribution >= 4 is 33.1 Å². The molecule has 1 aliphatic rings. The molecule has 2 heterocycles. The van der Waals surface area contributed by atoms with Gasteiger partial charge in [-0.2, -0.15) is 0 Å². The van der Waals surface area contributed by atoms with Gasteiger partial charge in [0, 0.05) is 17.5 Å². The molecular formula is C17H19N3O3S2. The van der Waals surface area contributed by atoms with Crippen molar-refractivity contribution in [3.05, 3.63) is 51.7 Å². The molecule has 132 valence electrons. The Kier molecular flexibility index (Phi) is 4.66. The average molecular weight is 377 g/mol. The summed E-state index contributed by atoms with van der Waals surface area (Å²) < 4.78 is 26.7. The summed E-state index contributed by atoms with van der Waals surface area (Å²) in [7, 11) is -1.87. The minimum Gasteiger partial charge on any atom is -0.339 e. The Balaban J connectivity index is 1.80. The first-order valence-electron chi connectivity index (χ1n) is 7.77. The number of hydrogen-bond acceptors (Lipinski definition) is 5. The van der Waals surface area contributed by atoms with Gasteiger partial charge in [-0.1, -0.05) is 12.1 Å². The summed E-state index contributed by atoms with van der Waals surface area (Å²) in [4.78, 5) is 19.8. The van der Waals surface area contributed by atoms with Gasteiger partial charge < -0.3 is 4.90 Å². The van der Waals surface area contributed by atoms with E-state index >= 15 is 0 Å². The van der Waals surface area contributed by atoms with Crippen molar-refractivity contribution in [2.45, 2.75) is 31.3 Å². The number of thiophene rings is 1. The van der Waals surface area contributed by atoms with Crippen LogP contribution in [-0.4, -0.2) is 38.2 Å². The van der Waals surface area contributed by atoms with E-state index in [9.17, 15) is 13.2 Å². The Morgan fingerprint density at radius 1 is 1.32 bits per heavy atom. The molecule has 0 saturated heterocycles. The van der Waals surface area contributed by atoms with E-state index in [0.29, 0.717) is 12.1 Å². The number of benzene rings is 1. The van der Waals surface area contributed by atoms with Gasteiger partial charge in [-0.05, 0) is 43.0 Å². The van der Waals surface area contributed by atoms with Crippen LogP contribution in [0.25, 0.3) is 0 Å². The molecule has 0 radical (unpaired) electrons. The molecule has 0 aliphatic carbocycles. The van der Waals surface area contributed by atoms with Gasteiger partial charge in [-0.15, -0.1) is 11.3 Å². The summed E-state index contributed by atoms with van der Waals surface area (Å²) >= 11 is 1.61. The fourth-order valence-corrected chi connectivity index (χ4v) is 4.85. The third kappa shape index (κ3) is 3.45. The summed E-state index contributed by atoms with van der Waals surface area (Å²) in [6, 6.07) is 7.95. The minimum absolute atomic E-state index is 0.163. The highest BCUT2D eigenvalue weighted by molar-refractivity contribution is 7.90. The Bertz CT molecular complexity index is 948. The van der Waals surface area contributed by atoms with Gasteiger partial charge in [0.25, 0.3) is 10.0 Å². The molecule has 1 unspecified atom stereocenters. The molecule has 1 amide bonds. The number of likely N-dealkylation sites (N-methyl/N-ethyl adjacent to an activating group) is 1. The molecule has 1 aliphatic heterocycles. The molecule has 1 aromatic heterocycles. The first kappa shape index (κ1) is 17.6. The van der Waals surface area contributed by atoms with Gasteiger partial charge in [0.2, 0.25) is 5.91 Å². The lowest BCUT2D eigenvalue weighted by molar-refractivity contribution is -0.131. The SMILES string of the molecule is Cc1ccsc1CN(C)C(=O)C(C)N=C1NS(=O)(=O)c2ccccc21. The standard InChI is InChI=1S/C17H19N3O3S2/c1-11-8-9-24-14(11)10-20(3)17(21)12(2)18-16-13-6-4-5-7-15(13)25(22,23)19-16/h4-9,12H,10H2,1-3H3,(H,18,19). The number of aryl methyl sites for hydroxylation is 1. The van der Waals surface area contributed by atoms with Crippen LogP contribution in [0, 0.1) is 6.92 Å². The topological polar surface area (TPSA) is 78.8 Å². The summed E-state index contributed by atoms with van der Waals surface area (Å²) in [5.74, 6) is 0.0565. The van der Waals surface area contributed by atoms with Crippen LogP contribution in [0.3, 0.4) is 0 Å². The van der Waals surface area contributed by atoms with Crippen LogP contribution in [0.2, 0.25) is 0 Å². The largest absolute Gasteiger partial charge is 0.339 e. The molecule has 0 fully saturated rings. The number of carbonyl (C=O) groups is 1. The van der Waals surface area contributed by atoms with Crippen LogP contribution in [-0.2, 0) is 21.4 Å². The minimum atomic E-state index is -3.60. The molecule has 1 N–H and O–H groups in total. The number of amidine groups is 1. The molecule has 0 saturated carbocycles. The zero-order valence-electron chi connectivity index (χ0n) is 14.2. The van der Waals surface area contributed by atoms with Crippen molar-refractivity contribution in [2.24, 2.45) is 4.99 Å². The van der Waals surface area contributed by atoms with Crippen molar-refractivity contribution in [2.75, 3.05) is 7.05 Å². The monoisotopic (exact) mass is 377 g/mol. The molecule has 25 heavy (non-hydrogen) atoms. The van der Waals surface area contributed by atoms with Gasteiger partial charge in [-0.3, -0.25) is 14.5 Å². The maximum Gasteiger partial charge on any atom is 0.263 e. The maximum atomic E-state index is 12.6. The predicted molar refractivity (Wildman–Crippen MR) is 98.3 cm³/mol. The fourth-order valence-electron chi connectivity index (χ4n) is 2.66. The summed E-state index contributed by atoms with van der Waals surface area (Å²) in [5.41, 5.74) is 1.65. The zero-order chi connectivity index (χ0) is 18.2. The number of rotatable bonds is 4. The van der Waals surface area contributed by atoms with E-state index in [1.807, 2.05) is 18.4 Å². The lowest BCUT2D eigenvalue weighted by Gasteiger charge is -2.19. The quantitative estimate of drug-likeness (QED) is 0.887. The van der Waals surface area contributed by atoms with Crippen LogP contribution in [0.5, 0.6) is 0 Å². The number of hydrogen-bond donors (Lipinski definition) is 1. The van der Waals surface area contributed by atoms with Crippen molar-refractivity contribution in [1.82, 2.24) is 9.62 Å². The van der Waals surface area contributed by atoms with Gasteiger partial charge >= 0.3 is 0 Å². The van der Waals surface area contributed by atoms with Crippen LogP contribution < -0.4 is 4.72 Å². The summed E-state index contributed by atoms with van der Waals surface area (Å²) in [6.07, 6.45) is 0. The second-order valence-corrected chi connectivity index (χ2v) is 8.63.